The predicted molar refractivity (Wildman–Crippen MR) is 158 cm³/mol. The van der Waals surface area contributed by atoms with Crippen LogP contribution in [0.1, 0.15) is 77.6 Å². The summed E-state index contributed by atoms with van der Waals surface area (Å²) in [5, 5.41) is 15.7. The largest absolute Gasteiger partial charge is 0.507 e. The smallest absolute Gasteiger partial charge is 0.161 e. The van der Waals surface area contributed by atoms with Crippen molar-refractivity contribution in [1.82, 2.24) is 5.43 Å². The van der Waals surface area contributed by atoms with E-state index >= 15 is 0 Å². The molecule has 0 amide bonds. The van der Waals surface area contributed by atoms with E-state index in [-0.39, 0.29) is 16.9 Å². The first-order valence-corrected chi connectivity index (χ1v) is 13.0. The molecule has 0 atom stereocenters. The van der Waals surface area contributed by atoms with E-state index in [0.717, 1.165) is 27.9 Å². The molecule has 0 radical (unpaired) electrons. The Morgan fingerprint density at radius 1 is 0.868 bits per heavy atom. The minimum absolute atomic E-state index is 0.0446. The Balaban J connectivity index is 2.06. The number of nitrogens with one attached hydrogen (secondary N) is 1. The molecule has 202 valence electrons. The summed E-state index contributed by atoms with van der Waals surface area (Å²) in [7, 11) is 1.62. The van der Waals surface area contributed by atoms with Gasteiger partial charge in [0.2, 0.25) is 0 Å². The number of para-hydroxylation sites is 1. The van der Waals surface area contributed by atoms with Crippen LogP contribution in [-0.4, -0.2) is 30.4 Å². The minimum atomic E-state index is -0.266. The molecule has 0 saturated heterocycles. The fourth-order valence-corrected chi connectivity index (χ4v) is 3.98. The highest BCUT2D eigenvalue weighted by atomic mass is 16.5. The van der Waals surface area contributed by atoms with Gasteiger partial charge < -0.3 is 14.6 Å². The third-order valence-corrected chi connectivity index (χ3v) is 5.93. The second kappa shape index (κ2) is 11.7. The zero-order valence-corrected chi connectivity index (χ0v) is 24.1. The lowest BCUT2D eigenvalue weighted by Crippen LogP contribution is -2.23. The number of aromatic hydroxyl groups is 1. The predicted octanol–water partition coefficient (Wildman–Crippen LogP) is 7.49. The molecule has 0 aromatic heterocycles. The number of hydrazone groups is 1. The quantitative estimate of drug-likeness (QED) is 0.194. The number of amidine groups is 1. The number of nitrogens with zero attached hydrogens (tertiary/aromatic N) is 2. The van der Waals surface area contributed by atoms with E-state index in [0.29, 0.717) is 23.1 Å². The van der Waals surface area contributed by atoms with Gasteiger partial charge in [0.05, 0.1) is 25.1 Å². The van der Waals surface area contributed by atoms with Crippen molar-refractivity contribution in [2.24, 2.45) is 10.1 Å². The molecule has 3 rings (SSSR count). The second-order valence-electron chi connectivity index (χ2n) is 11.7. The van der Waals surface area contributed by atoms with Gasteiger partial charge in [-0.3, -0.25) is 5.43 Å². The zero-order valence-electron chi connectivity index (χ0n) is 24.1. The van der Waals surface area contributed by atoms with Crippen molar-refractivity contribution >= 4 is 17.7 Å². The first kappa shape index (κ1) is 28.8. The van der Waals surface area contributed by atoms with Crippen LogP contribution in [0.5, 0.6) is 17.2 Å². The molecule has 0 unspecified atom stereocenters. The zero-order chi connectivity index (χ0) is 28.1. The molecule has 0 fully saturated rings. The van der Waals surface area contributed by atoms with Crippen molar-refractivity contribution < 1.29 is 14.6 Å². The number of phenolic OH excluding ortho intramolecular Hbond substituents is 1. The summed E-state index contributed by atoms with van der Waals surface area (Å²) in [5.74, 6) is 2.23. The lowest BCUT2D eigenvalue weighted by Gasteiger charge is -2.28. The maximum absolute atomic E-state index is 11.2. The molecule has 0 bridgehead atoms. The highest BCUT2D eigenvalue weighted by molar-refractivity contribution is 6.01. The Hall–Kier alpha value is -3.80. The van der Waals surface area contributed by atoms with Gasteiger partial charge in [-0.2, -0.15) is 5.10 Å². The molecule has 0 aliphatic carbocycles. The monoisotopic (exact) mass is 515 g/mol. The van der Waals surface area contributed by atoms with Crippen LogP contribution < -0.4 is 14.9 Å². The van der Waals surface area contributed by atoms with Crippen molar-refractivity contribution in [2.75, 3.05) is 7.11 Å². The van der Waals surface area contributed by atoms with Crippen molar-refractivity contribution in [2.45, 2.75) is 72.3 Å². The Labute approximate surface area is 227 Å². The number of phenols is 1. The van der Waals surface area contributed by atoms with Crippen LogP contribution >= 0.6 is 0 Å². The van der Waals surface area contributed by atoms with E-state index < -0.39 is 0 Å². The van der Waals surface area contributed by atoms with E-state index in [1.165, 1.54) is 0 Å². The Kier molecular flexibility index (Phi) is 8.87. The average Bonchev–Trinajstić information content (AvgIpc) is 2.83. The van der Waals surface area contributed by atoms with E-state index in [1.807, 2.05) is 74.5 Å². The lowest BCUT2D eigenvalue weighted by atomic mass is 9.78. The number of methoxy groups -OCH3 is 1. The van der Waals surface area contributed by atoms with Crippen LogP contribution in [0, 0.1) is 0 Å². The molecule has 0 aliphatic heterocycles. The first-order valence-electron chi connectivity index (χ1n) is 13.0. The number of hydrogen-bond donors (Lipinski definition) is 2. The molecule has 6 heteroatoms. The van der Waals surface area contributed by atoms with Crippen LogP contribution in [0.4, 0.5) is 5.69 Å². The number of benzene rings is 3. The van der Waals surface area contributed by atoms with E-state index in [4.69, 9.17) is 14.5 Å². The van der Waals surface area contributed by atoms with Gasteiger partial charge in [0.15, 0.2) is 17.3 Å². The van der Waals surface area contributed by atoms with Crippen molar-refractivity contribution in [3.05, 3.63) is 82.9 Å². The van der Waals surface area contributed by atoms with Crippen molar-refractivity contribution in [3.63, 3.8) is 0 Å². The standard InChI is InChI=1S/C32H41N3O3/c1-21(2)38-27-16-15-22(17-28(27)37-9)20-33-35-30(34-24-13-11-10-12-14-24)23-18-25(31(3,4)5)29(36)26(19-23)32(6,7)8/h10-21,36H,1-9H3,(H,34,35). The van der Waals surface area contributed by atoms with Crippen LogP contribution in [0.3, 0.4) is 0 Å². The molecule has 0 heterocycles. The van der Waals surface area contributed by atoms with E-state index in [1.54, 1.807) is 13.3 Å². The molecule has 2 N–H and O–H groups in total. The molecular formula is C32H41N3O3. The van der Waals surface area contributed by atoms with Gasteiger partial charge in [0.1, 0.15) is 5.75 Å². The number of aliphatic imine (C=N–C) groups is 1. The summed E-state index contributed by atoms with van der Waals surface area (Å²) in [4.78, 5) is 4.88. The van der Waals surface area contributed by atoms with Crippen molar-refractivity contribution in [3.8, 4) is 17.2 Å². The van der Waals surface area contributed by atoms with Gasteiger partial charge in [-0.05, 0) is 72.7 Å². The number of rotatable bonds is 7. The van der Waals surface area contributed by atoms with Crippen molar-refractivity contribution in [1.29, 1.82) is 0 Å². The molecule has 38 heavy (non-hydrogen) atoms. The van der Waals surface area contributed by atoms with Gasteiger partial charge in [-0.15, -0.1) is 0 Å². The van der Waals surface area contributed by atoms with Crippen LogP contribution in [0.25, 0.3) is 0 Å². The SMILES string of the molecule is COc1cc(C=NNC(=Nc2ccccc2)c2cc(C(C)(C)C)c(O)c(C(C)(C)C)c2)ccc1OC(C)C. The van der Waals surface area contributed by atoms with Gasteiger partial charge >= 0.3 is 0 Å². The van der Waals surface area contributed by atoms with Crippen LogP contribution in [0.15, 0.2) is 70.8 Å². The number of hydrogen-bond acceptors (Lipinski definition) is 5. The molecule has 0 spiro atoms. The highest BCUT2D eigenvalue weighted by Gasteiger charge is 2.27. The third kappa shape index (κ3) is 7.37. The van der Waals surface area contributed by atoms with Crippen LogP contribution in [-0.2, 0) is 10.8 Å². The Morgan fingerprint density at radius 2 is 1.47 bits per heavy atom. The van der Waals surface area contributed by atoms with E-state index in [9.17, 15) is 5.11 Å². The molecule has 6 nitrogen and oxygen atoms in total. The van der Waals surface area contributed by atoms with E-state index in [2.05, 4.69) is 52.1 Å². The molecule has 3 aromatic carbocycles. The maximum Gasteiger partial charge on any atom is 0.161 e. The fourth-order valence-electron chi connectivity index (χ4n) is 3.98. The average molecular weight is 516 g/mol. The van der Waals surface area contributed by atoms with Gasteiger partial charge in [0.25, 0.3) is 0 Å². The Bertz CT molecular complexity index is 1260. The summed E-state index contributed by atoms with van der Waals surface area (Å²) >= 11 is 0. The second-order valence-corrected chi connectivity index (χ2v) is 11.7. The lowest BCUT2D eigenvalue weighted by molar-refractivity contribution is 0.230. The summed E-state index contributed by atoms with van der Waals surface area (Å²) in [5.41, 5.74) is 6.83. The third-order valence-electron chi connectivity index (χ3n) is 5.93. The molecule has 3 aromatic rings. The maximum atomic E-state index is 11.2. The van der Waals surface area contributed by atoms with Gasteiger partial charge in [-0.1, -0.05) is 59.7 Å². The minimum Gasteiger partial charge on any atom is -0.507 e. The summed E-state index contributed by atoms with van der Waals surface area (Å²) in [6.45, 7) is 16.5. The van der Waals surface area contributed by atoms with Gasteiger partial charge in [-0.25, -0.2) is 4.99 Å². The number of ether oxygens (including phenoxy) is 2. The molecule has 0 saturated carbocycles. The summed E-state index contributed by atoms with van der Waals surface area (Å²) < 4.78 is 11.3. The normalized spacial score (nSPS) is 12.7. The van der Waals surface area contributed by atoms with Crippen LogP contribution in [0.2, 0.25) is 0 Å². The summed E-state index contributed by atoms with van der Waals surface area (Å²) in [6, 6.07) is 19.4. The Morgan fingerprint density at radius 3 is 2.00 bits per heavy atom. The first-order chi connectivity index (χ1) is 17.8. The fraction of sp³-hybridized carbons (Fsp3) is 0.375. The topological polar surface area (TPSA) is 75.4 Å². The summed E-state index contributed by atoms with van der Waals surface area (Å²) in [6.07, 6.45) is 1.76. The molecular weight excluding hydrogens is 474 g/mol. The highest BCUT2D eigenvalue weighted by Crippen LogP contribution is 2.40. The van der Waals surface area contributed by atoms with Gasteiger partial charge in [0, 0.05) is 16.7 Å². The molecule has 0 aliphatic rings.